The summed E-state index contributed by atoms with van der Waals surface area (Å²) in [4.78, 5) is 27.5. The third-order valence-corrected chi connectivity index (χ3v) is 6.17. The topological polar surface area (TPSA) is 62.6 Å². The van der Waals surface area contributed by atoms with Crippen molar-refractivity contribution in [1.29, 1.82) is 0 Å². The fourth-order valence-electron chi connectivity index (χ4n) is 4.38. The van der Waals surface area contributed by atoms with E-state index in [0.29, 0.717) is 25.9 Å². The van der Waals surface area contributed by atoms with Gasteiger partial charge < -0.3 is 14.6 Å². The smallest absolute Gasteiger partial charge is 0.254 e. The molecule has 5 rings (SSSR count). The average Bonchev–Trinajstić information content (AvgIpc) is 3.17. The van der Waals surface area contributed by atoms with E-state index in [-0.39, 0.29) is 17.7 Å². The third kappa shape index (κ3) is 3.67. The van der Waals surface area contributed by atoms with E-state index in [0.717, 1.165) is 38.8 Å². The molecular formula is C26H24N2O3. The highest BCUT2D eigenvalue weighted by Gasteiger charge is 2.28. The zero-order chi connectivity index (χ0) is 21.4. The van der Waals surface area contributed by atoms with Crippen LogP contribution in [0.5, 0.6) is 0 Å². The zero-order valence-corrected chi connectivity index (χ0v) is 17.4. The lowest BCUT2D eigenvalue weighted by molar-refractivity contribution is -0.121. The summed E-state index contributed by atoms with van der Waals surface area (Å²) in [5, 5.41) is 5.09. The van der Waals surface area contributed by atoms with Gasteiger partial charge in [0.05, 0.1) is 0 Å². The number of nitrogens with one attached hydrogen (secondary N) is 1. The van der Waals surface area contributed by atoms with Crippen molar-refractivity contribution in [3.63, 3.8) is 0 Å². The van der Waals surface area contributed by atoms with Crippen molar-refractivity contribution in [3.8, 4) is 0 Å². The van der Waals surface area contributed by atoms with Crippen molar-refractivity contribution in [2.75, 3.05) is 18.4 Å². The molecule has 31 heavy (non-hydrogen) atoms. The van der Waals surface area contributed by atoms with Gasteiger partial charge in [-0.3, -0.25) is 9.59 Å². The van der Waals surface area contributed by atoms with E-state index in [1.165, 1.54) is 0 Å². The molecule has 3 aromatic carbocycles. The number of fused-ring (bicyclic) bond motifs is 3. The van der Waals surface area contributed by atoms with Gasteiger partial charge in [-0.2, -0.15) is 0 Å². The molecule has 4 aromatic rings. The van der Waals surface area contributed by atoms with Gasteiger partial charge in [0, 0.05) is 41.0 Å². The molecule has 1 aromatic heterocycles. The van der Waals surface area contributed by atoms with Gasteiger partial charge in [-0.05, 0) is 55.7 Å². The van der Waals surface area contributed by atoms with Crippen LogP contribution in [-0.4, -0.2) is 29.8 Å². The maximum atomic E-state index is 12.9. The predicted molar refractivity (Wildman–Crippen MR) is 122 cm³/mol. The largest absolute Gasteiger partial charge is 0.456 e. The Morgan fingerprint density at radius 2 is 1.61 bits per heavy atom. The van der Waals surface area contributed by atoms with Gasteiger partial charge >= 0.3 is 0 Å². The van der Waals surface area contributed by atoms with Crippen molar-refractivity contribution in [2.24, 2.45) is 5.92 Å². The van der Waals surface area contributed by atoms with Crippen LogP contribution < -0.4 is 5.32 Å². The van der Waals surface area contributed by atoms with Gasteiger partial charge in [-0.25, -0.2) is 0 Å². The third-order valence-electron chi connectivity index (χ3n) is 6.17. The minimum Gasteiger partial charge on any atom is -0.456 e. The molecule has 1 aliphatic heterocycles. The van der Waals surface area contributed by atoms with Crippen LogP contribution in [-0.2, 0) is 4.79 Å². The summed E-state index contributed by atoms with van der Waals surface area (Å²) in [6.45, 7) is 3.14. The SMILES string of the molecule is Cc1ccccc1C(=O)N1CCC(C(=O)Nc2ccc3oc4ccccc4c3c2)CC1. The number of nitrogens with zero attached hydrogens (tertiary/aromatic N) is 1. The molecule has 0 radical (unpaired) electrons. The van der Waals surface area contributed by atoms with Crippen LogP contribution in [0.1, 0.15) is 28.8 Å². The lowest BCUT2D eigenvalue weighted by atomic mass is 9.95. The number of furan rings is 1. The molecule has 0 bridgehead atoms. The second-order valence-electron chi connectivity index (χ2n) is 8.18. The Morgan fingerprint density at radius 1 is 0.903 bits per heavy atom. The molecule has 2 amide bonds. The highest BCUT2D eigenvalue weighted by atomic mass is 16.3. The van der Waals surface area contributed by atoms with Crippen molar-refractivity contribution in [1.82, 2.24) is 4.90 Å². The Morgan fingerprint density at radius 3 is 2.42 bits per heavy atom. The number of piperidine rings is 1. The summed E-state index contributed by atoms with van der Waals surface area (Å²) in [7, 11) is 0. The highest BCUT2D eigenvalue weighted by molar-refractivity contribution is 6.07. The number of rotatable bonds is 3. The summed E-state index contributed by atoms with van der Waals surface area (Å²) >= 11 is 0. The number of carbonyl (C=O) groups is 2. The second kappa shape index (κ2) is 7.91. The van der Waals surface area contributed by atoms with Gasteiger partial charge in [0.15, 0.2) is 0 Å². The first kappa shape index (κ1) is 19.4. The molecule has 0 spiro atoms. The Balaban J connectivity index is 1.25. The number of amides is 2. The molecule has 0 saturated carbocycles. The van der Waals surface area contributed by atoms with Crippen LogP contribution in [0, 0.1) is 12.8 Å². The normalized spacial score (nSPS) is 14.8. The average molecular weight is 412 g/mol. The van der Waals surface area contributed by atoms with E-state index in [9.17, 15) is 9.59 Å². The van der Waals surface area contributed by atoms with Gasteiger partial charge in [0.2, 0.25) is 5.91 Å². The highest BCUT2D eigenvalue weighted by Crippen LogP contribution is 2.31. The monoisotopic (exact) mass is 412 g/mol. The number of hydrogen-bond donors (Lipinski definition) is 1. The van der Waals surface area contributed by atoms with E-state index >= 15 is 0 Å². The maximum Gasteiger partial charge on any atom is 0.254 e. The standard InChI is InChI=1S/C26H24N2O3/c1-17-6-2-3-7-20(17)26(30)28-14-12-18(13-15-28)25(29)27-19-10-11-24-22(16-19)21-8-4-5-9-23(21)31-24/h2-11,16,18H,12-15H2,1H3,(H,27,29). The Hall–Kier alpha value is -3.60. The molecule has 1 fully saturated rings. The van der Waals surface area contributed by atoms with Crippen molar-refractivity contribution in [3.05, 3.63) is 77.9 Å². The quantitative estimate of drug-likeness (QED) is 0.491. The number of likely N-dealkylation sites (tertiary alicyclic amines) is 1. The first-order chi connectivity index (χ1) is 15.1. The van der Waals surface area contributed by atoms with Crippen molar-refractivity contribution in [2.45, 2.75) is 19.8 Å². The second-order valence-corrected chi connectivity index (χ2v) is 8.18. The molecule has 5 nitrogen and oxygen atoms in total. The maximum absolute atomic E-state index is 12.9. The molecule has 1 aliphatic rings. The summed E-state index contributed by atoms with van der Waals surface area (Å²) in [6, 6.07) is 21.3. The van der Waals surface area contributed by atoms with Crippen LogP contribution in [0.4, 0.5) is 5.69 Å². The number of carbonyl (C=O) groups excluding carboxylic acids is 2. The number of hydrogen-bond acceptors (Lipinski definition) is 3. The van der Waals surface area contributed by atoms with Crippen molar-refractivity contribution >= 4 is 39.4 Å². The Kier molecular flexibility index (Phi) is 4.94. The molecule has 0 unspecified atom stereocenters. The van der Waals surface area contributed by atoms with E-state index in [4.69, 9.17) is 4.42 Å². The molecule has 1 saturated heterocycles. The molecule has 2 heterocycles. The number of para-hydroxylation sites is 1. The lowest BCUT2D eigenvalue weighted by Gasteiger charge is -2.31. The van der Waals surface area contributed by atoms with Crippen LogP contribution >= 0.6 is 0 Å². The first-order valence-corrected chi connectivity index (χ1v) is 10.7. The Labute approximate surface area is 180 Å². The minimum atomic E-state index is -0.0993. The molecule has 1 N–H and O–H groups in total. The van der Waals surface area contributed by atoms with E-state index in [1.807, 2.05) is 78.6 Å². The minimum absolute atomic E-state index is 0.00939. The molecular weight excluding hydrogens is 388 g/mol. The summed E-state index contributed by atoms with van der Waals surface area (Å²) in [5.41, 5.74) is 4.14. The fraction of sp³-hybridized carbons (Fsp3) is 0.231. The zero-order valence-electron chi connectivity index (χ0n) is 17.4. The number of benzene rings is 3. The lowest BCUT2D eigenvalue weighted by Crippen LogP contribution is -2.41. The van der Waals surface area contributed by atoms with Crippen LogP contribution in [0.25, 0.3) is 21.9 Å². The Bertz CT molecular complexity index is 1280. The molecule has 5 heteroatoms. The summed E-state index contributed by atoms with van der Waals surface area (Å²) in [5.74, 6) is -0.0397. The van der Waals surface area contributed by atoms with E-state index in [1.54, 1.807) is 0 Å². The van der Waals surface area contributed by atoms with Gasteiger partial charge in [-0.1, -0.05) is 36.4 Å². The molecule has 156 valence electrons. The molecule has 0 atom stereocenters. The van der Waals surface area contributed by atoms with Crippen LogP contribution in [0.2, 0.25) is 0 Å². The van der Waals surface area contributed by atoms with E-state index < -0.39 is 0 Å². The van der Waals surface area contributed by atoms with Crippen LogP contribution in [0.15, 0.2) is 71.1 Å². The first-order valence-electron chi connectivity index (χ1n) is 10.7. The van der Waals surface area contributed by atoms with Gasteiger partial charge in [-0.15, -0.1) is 0 Å². The van der Waals surface area contributed by atoms with Crippen LogP contribution in [0.3, 0.4) is 0 Å². The van der Waals surface area contributed by atoms with Gasteiger partial charge in [0.25, 0.3) is 5.91 Å². The van der Waals surface area contributed by atoms with Crippen molar-refractivity contribution < 1.29 is 14.0 Å². The van der Waals surface area contributed by atoms with Gasteiger partial charge in [0.1, 0.15) is 11.2 Å². The fourth-order valence-corrected chi connectivity index (χ4v) is 4.38. The molecule has 0 aliphatic carbocycles. The summed E-state index contributed by atoms with van der Waals surface area (Å²) < 4.78 is 5.86. The number of aryl methyl sites for hydroxylation is 1. The summed E-state index contributed by atoms with van der Waals surface area (Å²) in [6.07, 6.45) is 1.33. The van der Waals surface area contributed by atoms with E-state index in [2.05, 4.69) is 5.32 Å². The number of anilines is 1. The predicted octanol–water partition coefficient (Wildman–Crippen LogP) is 5.39.